The first-order valence-corrected chi connectivity index (χ1v) is 9.81. The van der Waals surface area contributed by atoms with Crippen LogP contribution >= 0.6 is 0 Å². The van der Waals surface area contributed by atoms with Crippen molar-refractivity contribution in [3.8, 4) is 11.3 Å². The summed E-state index contributed by atoms with van der Waals surface area (Å²) in [4.78, 5) is 16.1. The van der Waals surface area contributed by atoms with Crippen LogP contribution in [0, 0.1) is 5.82 Å². The maximum atomic E-state index is 13.4. The Hall–Kier alpha value is -3.13. The van der Waals surface area contributed by atoms with E-state index in [1.165, 1.54) is 6.07 Å². The molecule has 29 heavy (non-hydrogen) atoms. The lowest BCUT2D eigenvalue weighted by molar-refractivity contribution is 0.181. The fourth-order valence-corrected chi connectivity index (χ4v) is 4.02. The van der Waals surface area contributed by atoms with E-state index >= 15 is 0 Å². The Balaban J connectivity index is 1.32. The lowest BCUT2D eigenvalue weighted by Gasteiger charge is -2.32. The summed E-state index contributed by atoms with van der Waals surface area (Å²) in [7, 11) is 1.89. The van der Waals surface area contributed by atoms with Crippen molar-refractivity contribution in [1.29, 1.82) is 0 Å². The van der Waals surface area contributed by atoms with E-state index in [4.69, 9.17) is 4.98 Å². The largest absolute Gasteiger partial charge is 0.311 e. The molecule has 0 spiro atoms. The Morgan fingerprint density at radius 2 is 2.00 bits per heavy atom. The minimum Gasteiger partial charge on any atom is -0.311 e. The molecule has 7 nitrogen and oxygen atoms in total. The van der Waals surface area contributed by atoms with Gasteiger partial charge in [-0.25, -0.2) is 19.3 Å². The third-order valence-corrected chi connectivity index (χ3v) is 5.53. The quantitative estimate of drug-likeness (QED) is 0.535. The van der Waals surface area contributed by atoms with E-state index in [-0.39, 0.29) is 5.82 Å². The van der Waals surface area contributed by atoms with Crippen LogP contribution in [0.4, 0.5) is 4.39 Å². The first kappa shape index (κ1) is 17.9. The molecule has 0 atom stereocenters. The average Bonchev–Trinajstić information content (AvgIpc) is 3.34. The van der Waals surface area contributed by atoms with Crippen LogP contribution in [0.15, 0.2) is 49.2 Å². The average molecular weight is 391 g/mol. The van der Waals surface area contributed by atoms with Crippen molar-refractivity contribution in [2.75, 3.05) is 13.1 Å². The van der Waals surface area contributed by atoms with Gasteiger partial charge >= 0.3 is 0 Å². The van der Waals surface area contributed by atoms with Gasteiger partial charge < -0.3 is 4.57 Å². The van der Waals surface area contributed by atoms with Crippen LogP contribution in [-0.2, 0) is 13.6 Å². The third kappa shape index (κ3) is 3.63. The van der Waals surface area contributed by atoms with Gasteiger partial charge in [0.05, 0.1) is 24.4 Å². The predicted octanol–water partition coefficient (Wildman–Crippen LogP) is 3.20. The molecule has 0 unspecified atom stereocenters. The summed E-state index contributed by atoms with van der Waals surface area (Å²) in [6.45, 7) is 2.69. The van der Waals surface area contributed by atoms with Gasteiger partial charge in [-0.1, -0.05) is 12.1 Å². The number of likely N-dealkylation sites (tertiary alicyclic amines) is 1. The number of piperidine rings is 1. The van der Waals surface area contributed by atoms with Crippen LogP contribution in [0.2, 0.25) is 0 Å². The van der Waals surface area contributed by atoms with E-state index in [0.717, 1.165) is 54.9 Å². The van der Waals surface area contributed by atoms with Gasteiger partial charge in [-0.3, -0.25) is 9.58 Å². The molecule has 4 aromatic rings. The van der Waals surface area contributed by atoms with Crippen molar-refractivity contribution in [3.63, 3.8) is 0 Å². The van der Waals surface area contributed by atoms with Crippen LogP contribution in [0.25, 0.3) is 22.6 Å². The third-order valence-electron chi connectivity index (χ3n) is 5.53. The number of hydrogen-bond acceptors (Lipinski definition) is 5. The Morgan fingerprint density at radius 1 is 1.14 bits per heavy atom. The second kappa shape index (κ2) is 7.36. The summed E-state index contributed by atoms with van der Waals surface area (Å²) in [6.07, 6.45) is 9.32. The lowest BCUT2D eigenvalue weighted by Crippen LogP contribution is -2.34. The van der Waals surface area contributed by atoms with Crippen molar-refractivity contribution in [2.24, 2.45) is 7.05 Å². The second-order valence-electron chi connectivity index (χ2n) is 7.59. The minimum absolute atomic E-state index is 0.176. The van der Waals surface area contributed by atoms with E-state index in [2.05, 4.69) is 24.5 Å². The van der Waals surface area contributed by atoms with Gasteiger partial charge in [-0.15, -0.1) is 0 Å². The maximum Gasteiger partial charge on any atom is 0.197 e. The standard InChI is InChI=1S/C21H22FN7/c1-27-13-16(10-25-27)19-11-23-20-21(26-19)29(14-24-20)18-5-7-28(8-6-18)12-15-3-2-4-17(22)9-15/h2-4,9-11,13-14,18H,5-8,12H2,1H3. The maximum absolute atomic E-state index is 13.4. The molecule has 0 N–H and O–H groups in total. The van der Waals surface area contributed by atoms with Crippen LogP contribution in [0.1, 0.15) is 24.4 Å². The molecule has 1 saturated heterocycles. The van der Waals surface area contributed by atoms with Gasteiger partial charge in [0.2, 0.25) is 0 Å². The number of halogens is 1. The summed E-state index contributed by atoms with van der Waals surface area (Å²) in [5.74, 6) is -0.176. The highest BCUT2D eigenvalue weighted by Crippen LogP contribution is 2.27. The zero-order valence-electron chi connectivity index (χ0n) is 16.2. The van der Waals surface area contributed by atoms with Gasteiger partial charge in [0.15, 0.2) is 11.3 Å². The molecule has 0 aliphatic carbocycles. The smallest absolute Gasteiger partial charge is 0.197 e. The van der Waals surface area contributed by atoms with Crippen LogP contribution in [-0.4, -0.2) is 47.3 Å². The number of aromatic nitrogens is 6. The summed E-state index contributed by atoms with van der Waals surface area (Å²) >= 11 is 0. The van der Waals surface area contributed by atoms with E-state index in [1.807, 2.05) is 25.6 Å². The number of nitrogens with zero attached hydrogens (tertiary/aromatic N) is 7. The van der Waals surface area contributed by atoms with Crippen molar-refractivity contribution in [1.82, 2.24) is 34.2 Å². The van der Waals surface area contributed by atoms with E-state index in [0.29, 0.717) is 11.7 Å². The second-order valence-corrected chi connectivity index (χ2v) is 7.59. The number of rotatable bonds is 4. The summed E-state index contributed by atoms with van der Waals surface area (Å²) in [5.41, 5.74) is 4.24. The highest BCUT2D eigenvalue weighted by Gasteiger charge is 2.23. The monoisotopic (exact) mass is 391 g/mol. The zero-order valence-corrected chi connectivity index (χ0v) is 16.2. The van der Waals surface area contributed by atoms with Crippen LogP contribution in [0.3, 0.4) is 0 Å². The highest BCUT2D eigenvalue weighted by atomic mass is 19.1. The van der Waals surface area contributed by atoms with E-state index < -0.39 is 0 Å². The molecule has 0 amide bonds. The first-order chi connectivity index (χ1) is 14.2. The van der Waals surface area contributed by atoms with Gasteiger partial charge in [0, 0.05) is 44.5 Å². The molecule has 4 heterocycles. The highest BCUT2D eigenvalue weighted by molar-refractivity contribution is 5.70. The van der Waals surface area contributed by atoms with Crippen molar-refractivity contribution >= 4 is 11.3 Å². The van der Waals surface area contributed by atoms with E-state index in [9.17, 15) is 4.39 Å². The zero-order chi connectivity index (χ0) is 19.8. The van der Waals surface area contributed by atoms with Crippen molar-refractivity contribution < 1.29 is 4.39 Å². The number of hydrogen-bond donors (Lipinski definition) is 0. The topological polar surface area (TPSA) is 64.7 Å². The molecule has 5 rings (SSSR count). The summed E-state index contributed by atoms with van der Waals surface area (Å²) in [5, 5.41) is 4.22. The molecule has 0 radical (unpaired) electrons. The molecule has 3 aromatic heterocycles. The van der Waals surface area contributed by atoms with Crippen molar-refractivity contribution in [2.45, 2.75) is 25.4 Å². The van der Waals surface area contributed by atoms with E-state index in [1.54, 1.807) is 29.2 Å². The molecule has 8 heteroatoms. The number of fused-ring (bicyclic) bond motifs is 1. The van der Waals surface area contributed by atoms with Gasteiger partial charge in [0.1, 0.15) is 5.82 Å². The van der Waals surface area contributed by atoms with Crippen molar-refractivity contribution in [3.05, 3.63) is 60.6 Å². The Kier molecular flexibility index (Phi) is 4.55. The molecular weight excluding hydrogens is 369 g/mol. The van der Waals surface area contributed by atoms with Crippen LogP contribution < -0.4 is 0 Å². The predicted molar refractivity (Wildman–Crippen MR) is 107 cm³/mol. The lowest BCUT2D eigenvalue weighted by atomic mass is 10.0. The number of aryl methyl sites for hydroxylation is 1. The summed E-state index contributed by atoms with van der Waals surface area (Å²) < 4.78 is 17.3. The molecule has 1 aromatic carbocycles. The molecule has 1 aliphatic heterocycles. The number of imidazole rings is 1. The first-order valence-electron chi connectivity index (χ1n) is 9.81. The normalized spacial score (nSPS) is 15.9. The molecule has 0 saturated carbocycles. The molecule has 0 bridgehead atoms. The van der Waals surface area contributed by atoms with Gasteiger partial charge in [-0.05, 0) is 30.5 Å². The Morgan fingerprint density at radius 3 is 2.76 bits per heavy atom. The molecular formula is C21H22FN7. The van der Waals surface area contributed by atoms with Gasteiger partial charge in [0.25, 0.3) is 0 Å². The molecule has 148 valence electrons. The van der Waals surface area contributed by atoms with Crippen LogP contribution in [0.5, 0.6) is 0 Å². The fraction of sp³-hybridized carbons (Fsp3) is 0.333. The number of benzene rings is 1. The van der Waals surface area contributed by atoms with Gasteiger partial charge in [-0.2, -0.15) is 5.10 Å². The summed E-state index contributed by atoms with van der Waals surface area (Å²) in [6, 6.07) is 7.19. The SMILES string of the molecule is Cn1cc(-c2cnc3ncn(C4CCN(Cc5cccc(F)c5)CC4)c3n2)cn1. The molecule has 1 fully saturated rings. The Labute approximate surface area is 167 Å². The Bertz CT molecular complexity index is 1140. The minimum atomic E-state index is -0.176. The molecule has 1 aliphatic rings. The fourth-order valence-electron chi connectivity index (χ4n) is 4.02.